The van der Waals surface area contributed by atoms with E-state index in [1.165, 1.54) is 33.2 Å². The molecule has 8 nitrogen and oxygen atoms in total. The number of anilines is 2. The number of esters is 1. The number of hydrogen-bond acceptors (Lipinski definition) is 5. The summed E-state index contributed by atoms with van der Waals surface area (Å²) >= 11 is 5.41. The Hall–Kier alpha value is -3.54. The summed E-state index contributed by atoms with van der Waals surface area (Å²) in [6, 6.07) is 9.24. The lowest BCUT2D eigenvalue weighted by atomic mass is 9.87. The van der Waals surface area contributed by atoms with Gasteiger partial charge in [0.2, 0.25) is 0 Å². The van der Waals surface area contributed by atoms with Crippen molar-refractivity contribution in [3.8, 4) is 0 Å². The summed E-state index contributed by atoms with van der Waals surface area (Å²) < 4.78 is 44.6. The lowest BCUT2D eigenvalue weighted by Gasteiger charge is -2.32. The van der Waals surface area contributed by atoms with Gasteiger partial charge in [-0.3, -0.25) is 4.79 Å². The second-order valence-electron chi connectivity index (χ2n) is 7.56. The molecule has 12 heteroatoms. The zero-order valence-electron chi connectivity index (χ0n) is 18.8. The molecule has 0 heterocycles. The van der Waals surface area contributed by atoms with Gasteiger partial charge in [-0.15, -0.1) is 0 Å². The summed E-state index contributed by atoms with van der Waals surface area (Å²) in [5.74, 6) is -0.648. The molecule has 34 heavy (non-hydrogen) atoms. The Bertz CT molecular complexity index is 1060. The zero-order chi connectivity index (χ0) is 25.5. The number of benzene rings is 2. The van der Waals surface area contributed by atoms with E-state index >= 15 is 0 Å². The first-order chi connectivity index (χ1) is 15.9. The van der Waals surface area contributed by atoms with Crippen molar-refractivity contribution >= 4 is 40.7 Å². The molecule has 0 aliphatic carbocycles. The van der Waals surface area contributed by atoms with Crippen molar-refractivity contribution in [1.29, 1.82) is 0 Å². The second-order valence-corrected chi connectivity index (χ2v) is 7.96. The number of para-hydroxylation sites is 1. The summed E-state index contributed by atoms with van der Waals surface area (Å²) in [5.41, 5.74) is 5.39. The van der Waals surface area contributed by atoms with E-state index in [-0.39, 0.29) is 23.6 Å². The van der Waals surface area contributed by atoms with E-state index in [2.05, 4.69) is 21.3 Å². The number of nitrogen functional groups attached to an aromatic ring is 1. The molecular weight excluding hydrogens is 471 g/mol. The summed E-state index contributed by atoms with van der Waals surface area (Å²) in [6.07, 6.45) is -4.87. The van der Waals surface area contributed by atoms with Gasteiger partial charge in [0.1, 0.15) is 0 Å². The number of carbonyl (C=O) groups is 2. The Morgan fingerprint density at radius 1 is 1.12 bits per heavy atom. The van der Waals surface area contributed by atoms with Crippen LogP contribution in [0.5, 0.6) is 0 Å². The average molecular weight is 498 g/mol. The third kappa shape index (κ3) is 6.98. The highest BCUT2D eigenvalue weighted by Gasteiger charge is 2.35. The van der Waals surface area contributed by atoms with Gasteiger partial charge in [0.05, 0.1) is 36.0 Å². The molecule has 0 spiro atoms. The van der Waals surface area contributed by atoms with Crippen LogP contribution < -0.4 is 27.0 Å². The highest BCUT2D eigenvalue weighted by atomic mass is 32.1. The van der Waals surface area contributed by atoms with Crippen molar-refractivity contribution in [2.24, 2.45) is 0 Å². The monoisotopic (exact) mass is 497 g/mol. The number of rotatable bonds is 7. The molecule has 0 bridgehead atoms. The van der Waals surface area contributed by atoms with Crippen LogP contribution in [0.15, 0.2) is 42.5 Å². The average Bonchev–Trinajstić information content (AvgIpc) is 2.78. The molecule has 184 valence electrons. The predicted molar refractivity (Wildman–Crippen MR) is 127 cm³/mol. The van der Waals surface area contributed by atoms with Crippen LogP contribution >= 0.6 is 12.2 Å². The van der Waals surface area contributed by atoms with Crippen molar-refractivity contribution in [2.45, 2.75) is 31.6 Å². The first-order valence-corrected chi connectivity index (χ1v) is 10.5. The number of nitrogens with two attached hydrogens (primary N) is 1. The predicted octanol–water partition coefficient (Wildman–Crippen LogP) is 3.48. The summed E-state index contributed by atoms with van der Waals surface area (Å²) in [5, 5.41) is 10.9. The van der Waals surface area contributed by atoms with E-state index in [1.807, 2.05) is 0 Å². The molecule has 0 aliphatic heterocycles. The largest absolute Gasteiger partial charge is 0.469 e. The van der Waals surface area contributed by atoms with Crippen LogP contribution in [0.4, 0.5) is 29.3 Å². The van der Waals surface area contributed by atoms with Crippen LogP contribution in [-0.2, 0) is 27.8 Å². The highest BCUT2D eigenvalue weighted by Crippen LogP contribution is 2.34. The van der Waals surface area contributed by atoms with Gasteiger partial charge in [-0.1, -0.05) is 24.3 Å². The van der Waals surface area contributed by atoms with Crippen molar-refractivity contribution in [2.75, 3.05) is 25.2 Å². The van der Waals surface area contributed by atoms with Crippen LogP contribution in [0.25, 0.3) is 0 Å². The minimum absolute atomic E-state index is 0.00269. The number of halogens is 3. The Balaban J connectivity index is 2.35. The van der Waals surface area contributed by atoms with E-state index in [0.717, 1.165) is 12.1 Å². The summed E-state index contributed by atoms with van der Waals surface area (Å²) in [6.45, 7) is 1.67. The van der Waals surface area contributed by atoms with E-state index in [0.29, 0.717) is 16.9 Å². The number of urea groups is 1. The number of hydrogen-bond donors (Lipinski definition) is 5. The molecule has 0 saturated carbocycles. The number of carbonyl (C=O) groups excluding carboxylic acids is 2. The molecule has 2 rings (SSSR count). The van der Waals surface area contributed by atoms with Crippen LogP contribution in [0.2, 0.25) is 0 Å². The Labute approximate surface area is 200 Å². The molecular formula is C22H26F3N5O3S. The third-order valence-corrected chi connectivity index (χ3v) is 5.23. The number of thiocarbonyl (C=S) groups is 1. The molecule has 1 atom stereocenters. The maximum atomic E-state index is 13.3. The van der Waals surface area contributed by atoms with Gasteiger partial charge in [0, 0.05) is 13.6 Å². The molecule has 0 saturated heterocycles. The quantitative estimate of drug-likeness (QED) is 0.226. The van der Waals surface area contributed by atoms with E-state index < -0.39 is 29.3 Å². The fourth-order valence-corrected chi connectivity index (χ4v) is 3.52. The lowest BCUT2D eigenvalue weighted by Crippen LogP contribution is -2.47. The minimum Gasteiger partial charge on any atom is -0.469 e. The second kappa shape index (κ2) is 11.1. The van der Waals surface area contributed by atoms with Gasteiger partial charge in [-0.05, 0) is 48.5 Å². The Kier molecular flexibility index (Phi) is 8.68. The highest BCUT2D eigenvalue weighted by molar-refractivity contribution is 7.80. The molecule has 0 aliphatic rings. The van der Waals surface area contributed by atoms with Gasteiger partial charge in [0.25, 0.3) is 0 Å². The number of alkyl halides is 3. The normalized spacial score (nSPS) is 12.8. The summed E-state index contributed by atoms with van der Waals surface area (Å²) in [7, 11) is 2.66. The fourth-order valence-electron chi connectivity index (χ4n) is 3.20. The van der Waals surface area contributed by atoms with Crippen molar-refractivity contribution < 1.29 is 27.5 Å². The van der Waals surface area contributed by atoms with Crippen molar-refractivity contribution in [3.63, 3.8) is 0 Å². The fraction of sp³-hybridized carbons (Fsp3) is 0.318. The van der Waals surface area contributed by atoms with Crippen LogP contribution in [-0.4, -0.2) is 31.3 Å². The third-order valence-electron chi connectivity index (χ3n) is 5.03. The maximum Gasteiger partial charge on any atom is 0.416 e. The van der Waals surface area contributed by atoms with Crippen molar-refractivity contribution in [1.82, 2.24) is 16.0 Å². The Morgan fingerprint density at radius 3 is 2.38 bits per heavy atom. The molecule has 2 aromatic rings. The molecule has 0 fully saturated rings. The minimum atomic E-state index is -4.56. The van der Waals surface area contributed by atoms with Gasteiger partial charge >= 0.3 is 18.2 Å². The van der Waals surface area contributed by atoms with E-state index in [4.69, 9.17) is 22.7 Å². The molecule has 0 radical (unpaired) electrons. The number of amides is 2. The SMILES string of the molecule is CNC(=O)NCc1cccc(N)c1NC(=S)NC(C)(CC(=O)OC)c1cccc(C(F)(F)F)c1. The smallest absolute Gasteiger partial charge is 0.416 e. The molecule has 0 aromatic heterocycles. The van der Waals surface area contributed by atoms with Gasteiger partial charge in [-0.2, -0.15) is 13.2 Å². The zero-order valence-corrected chi connectivity index (χ0v) is 19.6. The first-order valence-electron chi connectivity index (χ1n) is 10.1. The van der Waals surface area contributed by atoms with Gasteiger partial charge in [0.15, 0.2) is 5.11 Å². The summed E-state index contributed by atoms with van der Waals surface area (Å²) in [4.78, 5) is 23.6. The lowest BCUT2D eigenvalue weighted by molar-refractivity contribution is -0.142. The molecule has 6 N–H and O–H groups in total. The van der Waals surface area contributed by atoms with E-state index in [1.54, 1.807) is 18.2 Å². The number of nitrogens with one attached hydrogen (secondary N) is 4. The van der Waals surface area contributed by atoms with Crippen LogP contribution in [0, 0.1) is 0 Å². The number of ether oxygens (including phenoxy) is 1. The number of methoxy groups -OCH3 is 1. The maximum absolute atomic E-state index is 13.3. The van der Waals surface area contributed by atoms with Crippen LogP contribution in [0.1, 0.15) is 30.0 Å². The topological polar surface area (TPSA) is 118 Å². The first kappa shape index (κ1) is 26.7. The van der Waals surface area contributed by atoms with Crippen LogP contribution in [0.3, 0.4) is 0 Å². The molecule has 2 aromatic carbocycles. The standard InChI is InChI=1S/C22H26F3N5O3S/c1-21(11-17(31)33-3,14-7-5-8-15(10-14)22(23,24)25)30-20(34)29-18-13(6-4-9-16(18)26)12-28-19(32)27-2/h4-10H,11-12,26H2,1-3H3,(H2,27,28,32)(H2,29,30,34). The van der Waals surface area contributed by atoms with Crippen molar-refractivity contribution in [3.05, 3.63) is 59.2 Å². The molecule has 1 unspecified atom stereocenters. The van der Waals surface area contributed by atoms with Gasteiger partial charge < -0.3 is 31.7 Å². The van der Waals surface area contributed by atoms with E-state index in [9.17, 15) is 22.8 Å². The van der Waals surface area contributed by atoms with Gasteiger partial charge in [-0.25, -0.2) is 4.79 Å². The Morgan fingerprint density at radius 2 is 1.76 bits per heavy atom. The molecule has 2 amide bonds.